The number of aromatic nitrogens is 3. The van der Waals surface area contributed by atoms with Crippen LogP contribution in [0.2, 0.25) is 0 Å². The number of nitrogens with one attached hydrogen (secondary N) is 2. The first-order chi connectivity index (χ1) is 11.5. The predicted molar refractivity (Wildman–Crippen MR) is 86.7 cm³/mol. The Morgan fingerprint density at radius 1 is 1.38 bits per heavy atom. The van der Waals surface area contributed by atoms with Gasteiger partial charge in [-0.15, -0.1) is 0 Å². The van der Waals surface area contributed by atoms with Crippen molar-refractivity contribution in [2.75, 3.05) is 11.9 Å². The van der Waals surface area contributed by atoms with E-state index in [0.717, 1.165) is 0 Å². The molecule has 0 unspecified atom stereocenters. The molecule has 3 aromatic heterocycles. The highest BCUT2D eigenvalue weighted by Crippen LogP contribution is 2.19. The van der Waals surface area contributed by atoms with Crippen LogP contribution in [0.15, 0.2) is 59.6 Å². The standard InChI is InChI=1S/C16H17N5O3/c1-16(23,13-4-2-9-24-13)11-18-15(22)20-12-5-6-14(17-10-12)21-8-3-7-19-21/h2-10,23H,11H2,1H3,(H2,18,20,22)/t16-/m0/s1. The average Bonchev–Trinajstić information content (AvgIpc) is 3.27. The Hall–Kier alpha value is -3.13. The van der Waals surface area contributed by atoms with Crippen molar-refractivity contribution in [2.24, 2.45) is 0 Å². The molecule has 0 saturated heterocycles. The predicted octanol–water partition coefficient (Wildman–Crippen LogP) is 1.89. The van der Waals surface area contributed by atoms with Crippen LogP contribution < -0.4 is 10.6 Å². The van der Waals surface area contributed by atoms with Gasteiger partial charge in [0.05, 0.1) is 24.7 Å². The van der Waals surface area contributed by atoms with Crippen LogP contribution in [0, 0.1) is 0 Å². The fourth-order valence-corrected chi connectivity index (χ4v) is 2.10. The first kappa shape index (κ1) is 15.8. The van der Waals surface area contributed by atoms with Gasteiger partial charge in [-0.2, -0.15) is 5.10 Å². The number of carbonyl (C=O) groups is 1. The van der Waals surface area contributed by atoms with E-state index in [2.05, 4.69) is 20.7 Å². The molecule has 124 valence electrons. The first-order valence-corrected chi connectivity index (χ1v) is 7.32. The van der Waals surface area contributed by atoms with Crippen molar-refractivity contribution in [3.63, 3.8) is 0 Å². The molecule has 0 aromatic carbocycles. The molecule has 3 N–H and O–H groups in total. The minimum absolute atomic E-state index is 0.00511. The maximum Gasteiger partial charge on any atom is 0.319 e. The van der Waals surface area contributed by atoms with Gasteiger partial charge in [0, 0.05) is 12.4 Å². The molecule has 0 aliphatic carbocycles. The molecule has 0 radical (unpaired) electrons. The maximum absolute atomic E-state index is 11.9. The number of pyridine rings is 1. The maximum atomic E-state index is 11.9. The van der Waals surface area contributed by atoms with E-state index in [-0.39, 0.29) is 6.54 Å². The molecular weight excluding hydrogens is 310 g/mol. The summed E-state index contributed by atoms with van der Waals surface area (Å²) < 4.78 is 6.77. The number of hydrogen-bond donors (Lipinski definition) is 3. The third-order valence-electron chi connectivity index (χ3n) is 3.39. The Balaban J connectivity index is 1.55. The van der Waals surface area contributed by atoms with E-state index >= 15 is 0 Å². The van der Waals surface area contributed by atoms with Crippen LogP contribution in [0.25, 0.3) is 5.82 Å². The number of amides is 2. The minimum atomic E-state index is -1.29. The van der Waals surface area contributed by atoms with Gasteiger partial charge in [0.1, 0.15) is 11.4 Å². The third-order valence-corrected chi connectivity index (χ3v) is 3.39. The van der Waals surface area contributed by atoms with Crippen molar-refractivity contribution < 1.29 is 14.3 Å². The molecule has 0 saturated carbocycles. The lowest BCUT2D eigenvalue weighted by atomic mass is 10.0. The summed E-state index contributed by atoms with van der Waals surface area (Å²) in [4.78, 5) is 16.2. The zero-order chi connectivity index (χ0) is 17.0. The Bertz CT molecular complexity index is 780. The summed E-state index contributed by atoms with van der Waals surface area (Å²) in [6.07, 6.45) is 6.43. The van der Waals surface area contributed by atoms with E-state index in [9.17, 15) is 9.90 Å². The molecule has 0 fully saturated rings. The molecule has 3 aromatic rings. The van der Waals surface area contributed by atoms with Gasteiger partial charge in [0.15, 0.2) is 5.82 Å². The molecule has 3 heterocycles. The Morgan fingerprint density at radius 3 is 2.88 bits per heavy atom. The summed E-state index contributed by atoms with van der Waals surface area (Å²) in [7, 11) is 0. The molecular formula is C16H17N5O3. The second-order valence-electron chi connectivity index (χ2n) is 5.41. The Kier molecular flexibility index (Phi) is 4.30. The van der Waals surface area contributed by atoms with E-state index in [0.29, 0.717) is 17.3 Å². The number of carbonyl (C=O) groups excluding carboxylic acids is 1. The van der Waals surface area contributed by atoms with Crippen LogP contribution >= 0.6 is 0 Å². The second kappa shape index (κ2) is 6.55. The second-order valence-corrected chi connectivity index (χ2v) is 5.41. The van der Waals surface area contributed by atoms with Gasteiger partial charge >= 0.3 is 6.03 Å². The fraction of sp³-hybridized carbons (Fsp3) is 0.188. The molecule has 1 atom stereocenters. The highest BCUT2D eigenvalue weighted by atomic mass is 16.4. The van der Waals surface area contributed by atoms with E-state index in [1.807, 2.05) is 0 Å². The van der Waals surface area contributed by atoms with E-state index in [4.69, 9.17) is 4.42 Å². The molecule has 0 aliphatic heterocycles. The zero-order valence-corrected chi connectivity index (χ0v) is 13.0. The summed E-state index contributed by atoms with van der Waals surface area (Å²) in [5, 5.41) is 19.6. The zero-order valence-electron chi connectivity index (χ0n) is 13.0. The third kappa shape index (κ3) is 3.61. The van der Waals surface area contributed by atoms with E-state index in [1.54, 1.807) is 54.3 Å². The van der Waals surface area contributed by atoms with Gasteiger partial charge in [0.2, 0.25) is 0 Å². The van der Waals surface area contributed by atoms with Gasteiger partial charge in [-0.25, -0.2) is 14.5 Å². The van der Waals surface area contributed by atoms with Crippen LogP contribution in [-0.2, 0) is 5.60 Å². The number of rotatable bonds is 5. The van der Waals surface area contributed by atoms with Gasteiger partial charge < -0.3 is 20.2 Å². The van der Waals surface area contributed by atoms with Crippen molar-refractivity contribution in [2.45, 2.75) is 12.5 Å². The van der Waals surface area contributed by atoms with Crippen LogP contribution in [0.1, 0.15) is 12.7 Å². The molecule has 3 rings (SSSR count). The Morgan fingerprint density at radius 2 is 2.25 bits per heavy atom. The lowest BCUT2D eigenvalue weighted by Crippen LogP contribution is -2.40. The van der Waals surface area contributed by atoms with Crippen LogP contribution in [0.5, 0.6) is 0 Å². The van der Waals surface area contributed by atoms with Crippen molar-refractivity contribution in [1.29, 1.82) is 0 Å². The normalized spacial score (nSPS) is 13.2. The number of anilines is 1. The van der Waals surface area contributed by atoms with Gasteiger partial charge in [-0.3, -0.25) is 0 Å². The highest BCUT2D eigenvalue weighted by Gasteiger charge is 2.26. The van der Waals surface area contributed by atoms with E-state index < -0.39 is 11.6 Å². The fourth-order valence-electron chi connectivity index (χ4n) is 2.10. The number of urea groups is 1. The van der Waals surface area contributed by atoms with Gasteiger partial charge in [-0.05, 0) is 37.3 Å². The monoisotopic (exact) mass is 327 g/mol. The molecule has 24 heavy (non-hydrogen) atoms. The minimum Gasteiger partial charge on any atom is -0.466 e. The number of nitrogens with zero attached hydrogens (tertiary/aromatic N) is 3. The quantitative estimate of drug-likeness (QED) is 0.663. The Labute approximate surface area is 138 Å². The molecule has 8 heteroatoms. The van der Waals surface area contributed by atoms with Gasteiger partial charge in [-0.1, -0.05) is 0 Å². The summed E-state index contributed by atoms with van der Waals surface area (Å²) in [5.41, 5.74) is -0.760. The van der Waals surface area contributed by atoms with Crippen molar-refractivity contribution in [1.82, 2.24) is 20.1 Å². The number of furan rings is 1. The van der Waals surface area contributed by atoms with Crippen LogP contribution in [-0.4, -0.2) is 32.4 Å². The molecule has 0 spiro atoms. The lowest BCUT2D eigenvalue weighted by molar-refractivity contribution is 0.0372. The largest absolute Gasteiger partial charge is 0.466 e. The number of hydrogen-bond acceptors (Lipinski definition) is 5. The summed E-state index contributed by atoms with van der Waals surface area (Å²) in [5.74, 6) is 1.03. The highest BCUT2D eigenvalue weighted by molar-refractivity contribution is 5.89. The van der Waals surface area contributed by atoms with Crippen LogP contribution in [0.3, 0.4) is 0 Å². The molecule has 0 aliphatic rings. The van der Waals surface area contributed by atoms with Crippen molar-refractivity contribution in [3.8, 4) is 5.82 Å². The molecule has 2 amide bonds. The van der Waals surface area contributed by atoms with Gasteiger partial charge in [0.25, 0.3) is 0 Å². The smallest absolute Gasteiger partial charge is 0.319 e. The average molecular weight is 327 g/mol. The van der Waals surface area contributed by atoms with Crippen LogP contribution in [0.4, 0.5) is 10.5 Å². The lowest BCUT2D eigenvalue weighted by Gasteiger charge is -2.21. The number of aliphatic hydroxyl groups is 1. The molecule has 0 bridgehead atoms. The first-order valence-electron chi connectivity index (χ1n) is 7.32. The van der Waals surface area contributed by atoms with E-state index in [1.165, 1.54) is 12.5 Å². The molecule has 8 nitrogen and oxygen atoms in total. The SMILES string of the molecule is C[C@](O)(CNC(=O)Nc1ccc(-n2cccn2)nc1)c1ccco1. The van der Waals surface area contributed by atoms with Crippen molar-refractivity contribution in [3.05, 3.63) is 60.9 Å². The topological polar surface area (TPSA) is 105 Å². The summed E-state index contributed by atoms with van der Waals surface area (Å²) >= 11 is 0. The summed E-state index contributed by atoms with van der Waals surface area (Å²) in [6, 6.07) is 8.13. The van der Waals surface area contributed by atoms with Crippen molar-refractivity contribution >= 4 is 11.7 Å². The summed E-state index contributed by atoms with van der Waals surface area (Å²) in [6.45, 7) is 1.57.